The molecule has 130 valence electrons. The molecule has 0 N–H and O–H groups in total. The van der Waals surface area contributed by atoms with E-state index in [9.17, 15) is 0 Å². The second kappa shape index (κ2) is 6.47. The van der Waals surface area contributed by atoms with Crippen molar-refractivity contribution in [1.82, 2.24) is 15.0 Å². The number of nitrogens with zero attached hydrogens (tertiary/aromatic N) is 5. The number of aromatic nitrogens is 3. The Hall–Kier alpha value is -2.43. The minimum absolute atomic E-state index is 0.459. The van der Waals surface area contributed by atoms with Gasteiger partial charge in [0.2, 0.25) is 5.95 Å². The zero-order valence-corrected chi connectivity index (χ0v) is 15.0. The molecular formula is C20H25N5. The van der Waals surface area contributed by atoms with Gasteiger partial charge < -0.3 is 9.80 Å². The van der Waals surface area contributed by atoms with Crippen LogP contribution >= 0.6 is 0 Å². The highest BCUT2D eigenvalue weighted by Gasteiger charge is 2.29. The second-order valence-corrected chi connectivity index (χ2v) is 7.39. The van der Waals surface area contributed by atoms with E-state index in [1.807, 2.05) is 25.5 Å². The lowest BCUT2D eigenvalue weighted by molar-refractivity contribution is 0.439. The van der Waals surface area contributed by atoms with E-state index in [0.717, 1.165) is 61.4 Å². The Kier molecular flexibility index (Phi) is 4.15. The van der Waals surface area contributed by atoms with Gasteiger partial charge in [0.05, 0.1) is 18.1 Å². The molecule has 2 aliphatic rings. The maximum atomic E-state index is 4.55. The summed E-state index contributed by atoms with van der Waals surface area (Å²) in [5.41, 5.74) is 4.54. The maximum Gasteiger partial charge on any atom is 0.225 e. The number of rotatable bonds is 4. The number of allylic oxidation sites excluding steroid dienone is 1. The fourth-order valence-corrected chi connectivity index (χ4v) is 3.71. The molecule has 2 aromatic rings. The van der Waals surface area contributed by atoms with Crippen LogP contribution in [0.25, 0.3) is 0 Å². The first kappa shape index (κ1) is 16.1. The Morgan fingerprint density at radius 3 is 2.52 bits per heavy atom. The van der Waals surface area contributed by atoms with Crippen LogP contribution in [0, 0.1) is 18.8 Å². The van der Waals surface area contributed by atoms with Crippen molar-refractivity contribution in [2.45, 2.75) is 26.7 Å². The molecule has 0 aliphatic carbocycles. The molecule has 2 fully saturated rings. The van der Waals surface area contributed by atoms with E-state index in [0.29, 0.717) is 5.92 Å². The molecule has 25 heavy (non-hydrogen) atoms. The largest absolute Gasteiger partial charge is 0.343 e. The average molecular weight is 335 g/mol. The van der Waals surface area contributed by atoms with Crippen LogP contribution in [0.1, 0.15) is 24.6 Å². The summed E-state index contributed by atoms with van der Waals surface area (Å²) >= 11 is 0. The molecular weight excluding hydrogens is 310 g/mol. The van der Waals surface area contributed by atoms with Crippen molar-refractivity contribution < 1.29 is 0 Å². The predicted octanol–water partition coefficient (Wildman–Crippen LogP) is 3.22. The van der Waals surface area contributed by atoms with Crippen molar-refractivity contribution in [3.8, 4) is 0 Å². The standard InChI is InChI=1S/C20H25N5/c1-14-12-24(13-14)20-22-10-19(11-23-20)25-7-6-18(16(25)3)8-17-5-4-15(2)21-9-17/h4-5,9-11,14,18H,3,6-8,12-13H2,1-2H3. The Morgan fingerprint density at radius 2 is 1.88 bits per heavy atom. The molecule has 4 rings (SSSR count). The Balaban J connectivity index is 1.41. The third-order valence-electron chi connectivity index (χ3n) is 5.26. The van der Waals surface area contributed by atoms with Gasteiger partial charge in [-0.3, -0.25) is 4.98 Å². The fraction of sp³-hybridized carbons (Fsp3) is 0.450. The molecule has 0 radical (unpaired) electrons. The molecule has 1 unspecified atom stereocenters. The average Bonchev–Trinajstić information content (AvgIpc) is 2.95. The number of hydrogen-bond donors (Lipinski definition) is 0. The molecule has 0 amide bonds. The van der Waals surface area contributed by atoms with Crippen LogP contribution in [0.2, 0.25) is 0 Å². The zero-order valence-electron chi connectivity index (χ0n) is 15.0. The predicted molar refractivity (Wildman–Crippen MR) is 101 cm³/mol. The van der Waals surface area contributed by atoms with Gasteiger partial charge >= 0.3 is 0 Å². The quantitative estimate of drug-likeness (QED) is 0.858. The molecule has 0 aromatic carbocycles. The molecule has 0 spiro atoms. The molecule has 0 bridgehead atoms. The summed E-state index contributed by atoms with van der Waals surface area (Å²) in [7, 11) is 0. The van der Waals surface area contributed by atoms with E-state index in [4.69, 9.17) is 0 Å². The normalized spacial score (nSPS) is 20.9. The van der Waals surface area contributed by atoms with Crippen LogP contribution in [0.4, 0.5) is 11.6 Å². The van der Waals surface area contributed by atoms with Crippen LogP contribution < -0.4 is 9.80 Å². The number of hydrogen-bond acceptors (Lipinski definition) is 5. The minimum Gasteiger partial charge on any atom is -0.343 e. The lowest BCUT2D eigenvalue weighted by atomic mass is 9.97. The van der Waals surface area contributed by atoms with Crippen molar-refractivity contribution in [3.63, 3.8) is 0 Å². The molecule has 2 aliphatic heterocycles. The third-order valence-corrected chi connectivity index (χ3v) is 5.26. The summed E-state index contributed by atoms with van der Waals surface area (Å²) in [5.74, 6) is 2.05. The summed E-state index contributed by atoms with van der Waals surface area (Å²) < 4.78 is 0. The van der Waals surface area contributed by atoms with E-state index in [-0.39, 0.29) is 0 Å². The van der Waals surface area contributed by atoms with Gasteiger partial charge in [0.15, 0.2) is 0 Å². The van der Waals surface area contributed by atoms with Crippen LogP contribution in [0.3, 0.4) is 0 Å². The summed E-state index contributed by atoms with van der Waals surface area (Å²) in [6.07, 6.45) is 7.96. The third kappa shape index (κ3) is 3.23. The van der Waals surface area contributed by atoms with Crippen LogP contribution in [0.5, 0.6) is 0 Å². The van der Waals surface area contributed by atoms with Crippen molar-refractivity contribution in [3.05, 3.63) is 54.3 Å². The maximum absolute atomic E-state index is 4.55. The fourth-order valence-electron chi connectivity index (χ4n) is 3.71. The van der Waals surface area contributed by atoms with Gasteiger partial charge in [-0.15, -0.1) is 0 Å². The summed E-state index contributed by atoms with van der Waals surface area (Å²) in [4.78, 5) is 18.0. The van der Waals surface area contributed by atoms with Gasteiger partial charge in [0.1, 0.15) is 0 Å². The molecule has 2 saturated heterocycles. The van der Waals surface area contributed by atoms with Gasteiger partial charge in [-0.1, -0.05) is 19.6 Å². The Bertz CT molecular complexity index is 747. The first-order valence-electron chi connectivity index (χ1n) is 9.05. The molecule has 5 nitrogen and oxygen atoms in total. The van der Waals surface area contributed by atoms with Crippen LogP contribution in [0.15, 0.2) is 43.0 Å². The van der Waals surface area contributed by atoms with Crippen molar-refractivity contribution in [2.75, 3.05) is 29.4 Å². The van der Waals surface area contributed by atoms with Gasteiger partial charge in [-0.05, 0) is 37.3 Å². The molecule has 2 aromatic heterocycles. The lowest BCUT2D eigenvalue weighted by Crippen LogP contribution is -2.46. The molecule has 1 atom stereocenters. The molecule has 4 heterocycles. The SMILES string of the molecule is C=C1C(Cc2ccc(C)nc2)CCN1c1cnc(N2CC(C)C2)nc1. The Labute approximate surface area is 149 Å². The summed E-state index contributed by atoms with van der Waals surface area (Å²) in [6.45, 7) is 11.7. The summed E-state index contributed by atoms with van der Waals surface area (Å²) in [5, 5.41) is 0. The smallest absolute Gasteiger partial charge is 0.225 e. The first-order valence-corrected chi connectivity index (χ1v) is 9.05. The first-order chi connectivity index (χ1) is 12.1. The van der Waals surface area contributed by atoms with Crippen molar-refractivity contribution in [1.29, 1.82) is 0 Å². The van der Waals surface area contributed by atoms with Crippen molar-refractivity contribution in [2.24, 2.45) is 11.8 Å². The topological polar surface area (TPSA) is 45.2 Å². The molecule has 0 saturated carbocycles. The van der Waals surface area contributed by atoms with Gasteiger partial charge in [0.25, 0.3) is 0 Å². The van der Waals surface area contributed by atoms with E-state index >= 15 is 0 Å². The monoisotopic (exact) mass is 335 g/mol. The number of pyridine rings is 1. The van der Waals surface area contributed by atoms with Crippen molar-refractivity contribution >= 4 is 11.6 Å². The minimum atomic E-state index is 0.459. The highest BCUT2D eigenvalue weighted by Crippen LogP contribution is 2.33. The van der Waals surface area contributed by atoms with Gasteiger partial charge in [-0.25, -0.2) is 9.97 Å². The lowest BCUT2D eigenvalue weighted by Gasteiger charge is -2.37. The molecule has 5 heteroatoms. The second-order valence-electron chi connectivity index (χ2n) is 7.39. The van der Waals surface area contributed by atoms with Crippen LogP contribution in [-0.4, -0.2) is 34.6 Å². The highest BCUT2D eigenvalue weighted by atomic mass is 15.3. The number of anilines is 2. The van der Waals surface area contributed by atoms with Crippen LogP contribution in [-0.2, 0) is 6.42 Å². The van der Waals surface area contributed by atoms with Gasteiger partial charge in [0, 0.05) is 43.1 Å². The van der Waals surface area contributed by atoms with Gasteiger partial charge in [-0.2, -0.15) is 0 Å². The van der Waals surface area contributed by atoms with E-state index < -0.39 is 0 Å². The van der Waals surface area contributed by atoms with E-state index in [2.05, 4.69) is 50.4 Å². The number of aryl methyl sites for hydroxylation is 1. The highest BCUT2D eigenvalue weighted by molar-refractivity contribution is 5.53. The zero-order chi connectivity index (χ0) is 17.4. The van der Waals surface area contributed by atoms with E-state index in [1.165, 1.54) is 5.56 Å². The Morgan fingerprint density at radius 1 is 1.12 bits per heavy atom. The summed E-state index contributed by atoms with van der Waals surface area (Å²) in [6, 6.07) is 4.25. The van der Waals surface area contributed by atoms with E-state index in [1.54, 1.807) is 0 Å².